The molecule has 4 aliphatic heterocycles. The SMILES string of the molecule is c1ccc(N(c2ccccc2)c2cc3c4c(c2)N(c2ccccc2)c2ccccc2B4c2cc4c(cc2S3)N(c2ccccc2)c2cc(N(c3ccccc3)c3ccccc3)nc3c2B4c2ccccc2N3c2ccccc2)cc1. The zero-order valence-corrected chi connectivity index (χ0v) is 44.3. The normalized spacial score (nSPS) is 13.1. The monoisotopic (exact) mass is 1040 g/mol. The van der Waals surface area contributed by atoms with Crippen molar-refractivity contribution in [3.05, 3.63) is 291 Å². The van der Waals surface area contributed by atoms with E-state index in [2.05, 4.69) is 316 Å². The minimum Gasteiger partial charge on any atom is -0.311 e. The van der Waals surface area contributed by atoms with E-state index < -0.39 is 0 Å². The molecule has 0 bridgehead atoms. The fraction of sp³-hybridized carbons (Fsp3) is 0. The van der Waals surface area contributed by atoms with Crippen molar-refractivity contribution in [2.24, 2.45) is 0 Å². The Labute approximate surface area is 471 Å². The smallest absolute Gasteiger partial charge is 0.254 e. The van der Waals surface area contributed by atoms with Crippen LogP contribution in [-0.2, 0) is 0 Å². The van der Waals surface area contributed by atoms with Gasteiger partial charge in [0.25, 0.3) is 6.71 Å². The number of hydrogen-bond donors (Lipinski definition) is 0. The lowest BCUT2D eigenvalue weighted by atomic mass is 9.31. The second kappa shape index (κ2) is 18.9. The van der Waals surface area contributed by atoms with E-state index >= 15 is 0 Å². The van der Waals surface area contributed by atoms with Gasteiger partial charge in [0.15, 0.2) is 0 Å². The maximum absolute atomic E-state index is 5.93. The molecule has 1 aromatic heterocycles. The Morgan fingerprint density at radius 2 is 0.700 bits per heavy atom. The molecule has 11 aromatic carbocycles. The lowest BCUT2D eigenvalue weighted by Crippen LogP contribution is -2.64. The number of pyridine rings is 1. The number of hydrogen-bond acceptors (Lipinski definition) is 7. The van der Waals surface area contributed by atoms with Crippen LogP contribution in [0.15, 0.2) is 301 Å². The zero-order chi connectivity index (χ0) is 52.7. The van der Waals surface area contributed by atoms with Gasteiger partial charge in [-0.15, -0.1) is 0 Å². The van der Waals surface area contributed by atoms with Gasteiger partial charge in [-0.3, -0.25) is 9.80 Å². The Balaban J connectivity index is 0.982. The highest BCUT2D eigenvalue weighted by Gasteiger charge is 2.48. The van der Waals surface area contributed by atoms with E-state index in [0.717, 1.165) is 74.2 Å². The van der Waals surface area contributed by atoms with Gasteiger partial charge in [-0.2, -0.15) is 0 Å². The Bertz CT molecular complexity index is 4230. The van der Waals surface area contributed by atoms with Crippen molar-refractivity contribution >= 4 is 144 Å². The molecule has 0 spiro atoms. The Kier molecular flexibility index (Phi) is 10.9. The van der Waals surface area contributed by atoms with Crippen molar-refractivity contribution in [2.45, 2.75) is 9.79 Å². The first-order chi connectivity index (χ1) is 39.7. The van der Waals surface area contributed by atoms with Crippen LogP contribution in [0.1, 0.15) is 0 Å². The lowest BCUT2D eigenvalue weighted by Gasteiger charge is -2.45. The molecule has 0 radical (unpaired) electrons. The van der Waals surface area contributed by atoms with Gasteiger partial charge < -0.3 is 14.7 Å². The van der Waals surface area contributed by atoms with E-state index in [1.165, 1.54) is 53.9 Å². The molecule has 12 aromatic rings. The van der Waals surface area contributed by atoms with Gasteiger partial charge in [0.2, 0.25) is 6.71 Å². The summed E-state index contributed by atoms with van der Waals surface area (Å²) in [5.74, 6) is 1.73. The first-order valence-corrected chi connectivity index (χ1v) is 28.2. The molecule has 80 heavy (non-hydrogen) atoms. The van der Waals surface area contributed by atoms with E-state index in [-0.39, 0.29) is 13.4 Å². The summed E-state index contributed by atoms with van der Waals surface area (Å²) in [6, 6.07) is 106. The number of aromatic nitrogens is 1. The number of benzene rings is 11. The minimum absolute atomic E-state index is 0.0647. The van der Waals surface area contributed by atoms with Crippen molar-refractivity contribution in [3.63, 3.8) is 0 Å². The molecular weight excluding hydrogens is 991 g/mol. The lowest BCUT2D eigenvalue weighted by molar-refractivity contribution is 1.13. The number of anilines is 15. The Hall–Kier alpha value is -9.95. The predicted molar refractivity (Wildman–Crippen MR) is 338 cm³/mol. The van der Waals surface area contributed by atoms with Gasteiger partial charge in [0.1, 0.15) is 11.6 Å². The average molecular weight is 1040 g/mol. The van der Waals surface area contributed by atoms with Gasteiger partial charge >= 0.3 is 0 Å². The van der Waals surface area contributed by atoms with Crippen LogP contribution in [0.2, 0.25) is 0 Å². The molecule has 0 saturated heterocycles. The molecule has 4 aliphatic rings. The quantitative estimate of drug-likeness (QED) is 0.133. The molecule has 0 atom stereocenters. The molecule has 5 heterocycles. The maximum Gasteiger partial charge on any atom is 0.254 e. The number of para-hydroxylation sites is 9. The van der Waals surface area contributed by atoms with Gasteiger partial charge in [0, 0.05) is 89.8 Å². The van der Waals surface area contributed by atoms with E-state index in [4.69, 9.17) is 4.98 Å². The first kappa shape index (κ1) is 46.2. The second-order valence-electron chi connectivity index (χ2n) is 20.7. The van der Waals surface area contributed by atoms with Crippen molar-refractivity contribution in [2.75, 3.05) is 24.5 Å². The van der Waals surface area contributed by atoms with E-state index in [1.54, 1.807) is 0 Å². The molecule has 0 amide bonds. The Morgan fingerprint density at radius 3 is 1.23 bits per heavy atom. The number of fused-ring (bicyclic) bond motifs is 8. The summed E-state index contributed by atoms with van der Waals surface area (Å²) in [5.41, 5.74) is 21.9. The van der Waals surface area contributed by atoms with Crippen molar-refractivity contribution in [3.8, 4) is 0 Å². The van der Waals surface area contributed by atoms with Crippen LogP contribution in [0.4, 0.5) is 85.6 Å². The van der Waals surface area contributed by atoms with Crippen molar-refractivity contribution in [1.29, 1.82) is 0 Å². The van der Waals surface area contributed by atoms with Gasteiger partial charge in [-0.05, 0) is 143 Å². The Morgan fingerprint density at radius 1 is 0.287 bits per heavy atom. The standard InChI is InChI=1S/C71H48B2N6S/c1-8-26-49(27-9-1)75(50-28-10-2-11-29-50)56-44-64-69-67(45-56)80-66-47-63-59(46-60(66)73(69)57-40-22-24-42-61(57)77(64)53-34-16-5-17-35-53)72-58-41-23-25-43-62(58)79(55-38-20-7-21-39-55)71-70(72)65(78(63)54-36-18-6-19-37-54)48-68(74-71)76(51-30-12-3-13-31-51)52-32-14-4-15-33-52/h1-48H. The first-order valence-electron chi connectivity index (χ1n) is 27.4. The van der Waals surface area contributed by atoms with Crippen LogP contribution in [0.25, 0.3) is 0 Å². The third-order valence-corrected chi connectivity index (χ3v) is 17.3. The summed E-state index contributed by atoms with van der Waals surface area (Å²) < 4.78 is 0. The highest BCUT2D eigenvalue weighted by atomic mass is 32.2. The molecule has 16 rings (SSSR count). The minimum atomic E-state index is -0.155. The van der Waals surface area contributed by atoms with Crippen molar-refractivity contribution in [1.82, 2.24) is 4.98 Å². The van der Waals surface area contributed by atoms with Crippen LogP contribution >= 0.6 is 11.8 Å². The summed E-state index contributed by atoms with van der Waals surface area (Å²) in [6.45, 7) is -0.219. The van der Waals surface area contributed by atoms with Gasteiger partial charge in [0.05, 0.1) is 0 Å². The largest absolute Gasteiger partial charge is 0.311 e. The van der Waals surface area contributed by atoms with E-state index in [9.17, 15) is 0 Å². The average Bonchev–Trinajstić information content (AvgIpc) is 3.57. The van der Waals surface area contributed by atoms with Crippen molar-refractivity contribution < 1.29 is 0 Å². The van der Waals surface area contributed by atoms with E-state index in [1.807, 2.05) is 11.8 Å². The number of rotatable bonds is 9. The molecule has 0 unspecified atom stereocenters. The molecule has 374 valence electrons. The third-order valence-electron chi connectivity index (χ3n) is 16.2. The van der Waals surface area contributed by atoms with Crippen LogP contribution in [-0.4, -0.2) is 18.4 Å². The highest BCUT2D eigenvalue weighted by Crippen LogP contribution is 2.50. The molecule has 0 fully saturated rings. The molecule has 6 nitrogen and oxygen atoms in total. The van der Waals surface area contributed by atoms with Gasteiger partial charge in [-0.25, -0.2) is 4.98 Å². The fourth-order valence-electron chi connectivity index (χ4n) is 12.9. The predicted octanol–water partition coefficient (Wildman–Crippen LogP) is 14.9. The summed E-state index contributed by atoms with van der Waals surface area (Å²) >= 11 is 1.90. The topological polar surface area (TPSA) is 29.1 Å². The van der Waals surface area contributed by atoms with Crippen LogP contribution in [0, 0.1) is 0 Å². The summed E-state index contributed by atoms with van der Waals surface area (Å²) in [4.78, 5) is 20.5. The van der Waals surface area contributed by atoms with Gasteiger partial charge in [-0.1, -0.05) is 187 Å². The molecule has 0 aliphatic carbocycles. The third kappa shape index (κ3) is 7.35. The van der Waals surface area contributed by atoms with E-state index in [0.29, 0.717) is 0 Å². The summed E-state index contributed by atoms with van der Waals surface area (Å²) in [7, 11) is 0. The number of nitrogens with zero attached hydrogens (tertiary/aromatic N) is 6. The summed E-state index contributed by atoms with van der Waals surface area (Å²) in [6.07, 6.45) is 0. The van der Waals surface area contributed by atoms with Crippen LogP contribution < -0.4 is 57.3 Å². The molecule has 0 N–H and O–H groups in total. The summed E-state index contributed by atoms with van der Waals surface area (Å²) in [5, 5.41) is 0. The molecule has 9 heteroatoms. The maximum atomic E-state index is 5.93. The molecular formula is C71H48B2N6S. The highest BCUT2D eigenvalue weighted by molar-refractivity contribution is 8.00. The molecule has 0 saturated carbocycles. The van der Waals surface area contributed by atoms with Crippen LogP contribution in [0.3, 0.4) is 0 Å². The fourth-order valence-corrected chi connectivity index (χ4v) is 14.1. The zero-order valence-electron chi connectivity index (χ0n) is 43.5. The second-order valence-corrected chi connectivity index (χ2v) is 21.8. The van der Waals surface area contributed by atoms with Crippen LogP contribution in [0.5, 0.6) is 0 Å².